The van der Waals surface area contributed by atoms with Gasteiger partial charge in [0.15, 0.2) is 0 Å². The summed E-state index contributed by atoms with van der Waals surface area (Å²) in [6.07, 6.45) is 0. The number of hydrogen-bond donors (Lipinski definition) is 2. The van der Waals surface area contributed by atoms with Gasteiger partial charge in [-0.3, -0.25) is 0 Å². The van der Waals surface area contributed by atoms with E-state index in [0.29, 0.717) is 39.6 Å². The molecule has 0 rings (SSSR count). The molecule has 0 aliphatic rings. The Hall–Kier alpha value is 0.890. The lowest BCUT2D eigenvalue weighted by Crippen LogP contribution is -2.09. The average Bonchev–Trinajstić information content (AvgIpc) is 2.43. The van der Waals surface area contributed by atoms with E-state index in [1.54, 1.807) is 0 Å². The topological polar surface area (TPSA) is 36.9 Å². The molecule has 0 spiro atoms. The van der Waals surface area contributed by atoms with Crippen molar-refractivity contribution >= 4 is 37.0 Å². The minimum atomic E-state index is 0.653. The highest BCUT2D eigenvalue weighted by molar-refractivity contribution is 7.99. The molecule has 4 nitrogen and oxygen atoms in total. The van der Waals surface area contributed by atoms with Crippen LogP contribution in [-0.4, -0.2) is 75.9 Å². The van der Waals surface area contributed by atoms with Gasteiger partial charge in [-0.05, 0) is 0 Å². The molecular weight excluding hydrogens is 304 g/mol. The first-order chi connectivity index (χ1) is 9.41. The molecule has 0 aliphatic carbocycles. The molecule has 19 heavy (non-hydrogen) atoms. The zero-order valence-corrected chi connectivity index (χ0v) is 14.0. The van der Waals surface area contributed by atoms with E-state index in [-0.39, 0.29) is 0 Å². The molecule has 116 valence electrons. The maximum atomic E-state index is 5.41. The Morgan fingerprint density at radius 3 is 1.26 bits per heavy atom. The van der Waals surface area contributed by atoms with E-state index < -0.39 is 0 Å². The summed E-state index contributed by atoms with van der Waals surface area (Å²) in [6.45, 7) is 5.54. The lowest BCUT2D eigenvalue weighted by Gasteiger charge is -2.06. The van der Waals surface area contributed by atoms with Crippen molar-refractivity contribution in [3.8, 4) is 0 Å². The average molecular weight is 331 g/mol. The Kier molecular flexibility index (Phi) is 19.8. The molecule has 0 bridgehead atoms. The van der Waals surface area contributed by atoms with Crippen LogP contribution >= 0.6 is 37.0 Å². The van der Waals surface area contributed by atoms with Crippen molar-refractivity contribution in [3.05, 3.63) is 0 Å². The van der Waals surface area contributed by atoms with Crippen LogP contribution in [0.1, 0.15) is 0 Å². The molecule has 0 aromatic rings. The zero-order chi connectivity index (χ0) is 14.0. The largest absolute Gasteiger partial charge is 0.378 e. The van der Waals surface area contributed by atoms with E-state index in [9.17, 15) is 0 Å². The first kappa shape index (κ1) is 19.9. The summed E-state index contributed by atoms with van der Waals surface area (Å²) < 4.78 is 21.3. The van der Waals surface area contributed by atoms with Crippen LogP contribution in [0.4, 0.5) is 0 Å². The normalized spacial score (nSPS) is 11.1. The molecule has 0 radical (unpaired) electrons. The van der Waals surface area contributed by atoms with Gasteiger partial charge in [-0.15, -0.1) is 0 Å². The Morgan fingerprint density at radius 2 is 0.895 bits per heavy atom. The van der Waals surface area contributed by atoms with Gasteiger partial charge in [0, 0.05) is 23.0 Å². The van der Waals surface area contributed by atoms with Gasteiger partial charge in [0.05, 0.1) is 52.9 Å². The van der Waals surface area contributed by atoms with Crippen LogP contribution in [0, 0.1) is 0 Å². The molecule has 0 aromatic carbocycles. The number of thiol groups is 2. The molecule has 0 saturated carbocycles. The minimum Gasteiger partial charge on any atom is -0.378 e. The molecular formula is C12H26O4S3. The Labute approximate surface area is 132 Å². The maximum absolute atomic E-state index is 5.41. The minimum absolute atomic E-state index is 0.653. The molecule has 0 heterocycles. The van der Waals surface area contributed by atoms with Crippen molar-refractivity contribution < 1.29 is 18.9 Å². The fraction of sp³-hybridized carbons (Fsp3) is 1.00. The van der Waals surface area contributed by atoms with Crippen molar-refractivity contribution in [1.29, 1.82) is 0 Å². The predicted octanol–water partition coefficient (Wildman–Crippen LogP) is 1.65. The monoisotopic (exact) mass is 330 g/mol. The third-order valence-electron chi connectivity index (χ3n) is 1.96. The summed E-state index contributed by atoms with van der Waals surface area (Å²) in [5.41, 5.74) is 0. The molecule has 0 aromatic heterocycles. The summed E-state index contributed by atoms with van der Waals surface area (Å²) in [4.78, 5) is 0. The van der Waals surface area contributed by atoms with E-state index in [4.69, 9.17) is 18.9 Å². The molecule has 0 aliphatic heterocycles. The van der Waals surface area contributed by atoms with Crippen LogP contribution in [0.25, 0.3) is 0 Å². The second-order valence-corrected chi connectivity index (χ2v) is 5.63. The van der Waals surface area contributed by atoms with Crippen molar-refractivity contribution in [2.75, 3.05) is 75.9 Å². The Bertz CT molecular complexity index is 148. The van der Waals surface area contributed by atoms with Crippen LogP contribution in [0.5, 0.6) is 0 Å². The fourth-order valence-electron chi connectivity index (χ4n) is 1.11. The van der Waals surface area contributed by atoms with Gasteiger partial charge in [0.1, 0.15) is 0 Å². The number of thioether (sulfide) groups is 1. The smallest absolute Gasteiger partial charge is 0.0700 e. The molecule has 0 fully saturated rings. The predicted molar refractivity (Wildman–Crippen MR) is 88.3 cm³/mol. The first-order valence-electron chi connectivity index (χ1n) is 6.52. The van der Waals surface area contributed by atoms with E-state index in [1.165, 1.54) is 0 Å². The highest BCUT2D eigenvalue weighted by Gasteiger charge is 1.93. The van der Waals surface area contributed by atoms with Gasteiger partial charge in [-0.1, -0.05) is 0 Å². The number of hydrogen-bond acceptors (Lipinski definition) is 7. The van der Waals surface area contributed by atoms with Crippen LogP contribution in [0.2, 0.25) is 0 Å². The van der Waals surface area contributed by atoms with Gasteiger partial charge in [0.2, 0.25) is 0 Å². The third-order valence-corrected chi connectivity index (χ3v) is 3.24. The molecule has 0 atom stereocenters. The van der Waals surface area contributed by atoms with Crippen molar-refractivity contribution in [2.24, 2.45) is 0 Å². The van der Waals surface area contributed by atoms with Crippen molar-refractivity contribution in [2.45, 2.75) is 0 Å². The van der Waals surface area contributed by atoms with E-state index >= 15 is 0 Å². The van der Waals surface area contributed by atoms with E-state index in [2.05, 4.69) is 25.3 Å². The van der Waals surface area contributed by atoms with Gasteiger partial charge in [0.25, 0.3) is 0 Å². The molecule has 0 saturated heterocycles. The highest BCUT2D eigenvalue weighted by Crippen LogP contribution is 1.99. The SMILES string of the molecule is SCCOCCOCCSCCOCCOCCS. The van der Waals surface area contributed by atoms with Crippen LogP contribution < -0.4 is 0 Å². The number of rotatable bonds is 16. The molecule has 0 N–H and O–H groups in total. The summed E-state index contributed by atoms with van der Waals surface area (Å²) in [7, 11) is 0. The van der Waals surface area contributed by atoms with E-state index in [0.717, 1.165) is 36.2 Å². The second-order valence-electron chi connectivity index (χ2n) is 3.51. The van der Waals surface area contributed by atoms with Gasteiger partial charge in [-0.2, -0.15) is 37.0 Å². The molecule has 7 heteroatoms. The lowest BCUT2D eigenvalue weighted by atomic mass is 10.7. The van der Waals surface area contributed by atoms with Crippen LogP contribution in [0.15, 0.2) is 0 Å². The summed E-state index contributed by atoms with van der Waals surface area (Å²) in [5.74, 6) is 3.50. The Morgan fingerprint density at radius 1 is 0.526 bits per heavy atom. The van der Waals surface area contributed by atoms with Crippen LogP contribution in [-0.2, 0) is 18.9 Å². The van der Waals surface area contributed by atoms with Crippen LogP contribution in [0.3, 0.4) is 0 Å². The quantitative estimate of drug-likeness (QED) is 0.332. The summed E-state index contributed by atoms with van der Waals surface area (Å²) in [5, 5.41) is 0. The highest BCUT2D eigenvalue weighted by atomic mass is 32.2. The maximum Gasteiger partial charge on any atom is 0.0700 e. The van der Waals surface area contributed by atoms with Gasteiger partial charge >= 0.3 is 0 Å². The summed E-state index contributed by atoms with van der Waals surface area (Å²) in [6, 6.07) is 0. The third kappa shape index (κ3) is 18.9. The van der Waals surface area contributed by atoms with Gasteiger partial charge in [-0.25, -0.2) is 0 Å². The van der Waals surface area contributed by atoms with E-state index in [1.807, 2.05) is 11.8 Å². The molecule has 0 amide bonds. The van der Waals surface area contributed by atoms with Gasteiger partial charge < -0.3 is 18.9 Å². The van der Waals surface area contributed by atoms with Crippen molar-refractivity contribution in [1.82, 2.24) is 0 Å². The lowest BCUT2D eigenvalue weighted by molar-refractivity contribution is 0.0593. The molecule has 0 unspecified atom stereocenters. The van der Waals surface area contributed by atoms with Crippen molar-refractivity contribution in [3.63, 3.8) is 0 Å². The number of ether oxygens (including phenoxy) is 4. The first-order valence-corrected chi connectivity index (χ1v) is 8.94. The Balaban J connectivity index is 2.88. The standard InChI is InChI=1S/C12H26O4S3/c17-9-5-13-1-3-15-7-11-19-12-8-16-4-2-14-6-10-18/h17-18H,1-12H2. The summed E-state index contributed by atoms with van der Waals surface area (Å²) >= 11 is 9.94. The second kappa shape index (κ2) is 18.9. The fourth-order valence-corrected chi connectivity index (χ4v) is 2.04. The zero-order valence-electron chi connectivity index (χ0n) is 11.4.